The summed E-state index contributed by atoms with van der Waals surface area (Å²) in [6.07, 6.45) is 0. The number of hydrogen-bond donors (Lipinski definition) is 0. The van der Waals surface area contributed by atoms with Gasteiger partial charge in [0.25, 0.3) is 0 Å². The van der Waals surface area contributed by atoms with Gasteiger partial charge in [-0.05, 0) is 11.4 Å². The molecule has 0 bridgehead atoms. The van der Waals surface area contributed by atoms with Crippen molar-refractivity contribution in [3.05, 3.63) is 60.7 Å². The van der Waals surface area contributed by atoms with Gasteiger partial charge in [-0.2, -0.15) is 46.6 Å². The molecule has 74 valence electrons. The molecule has 0 fully saturated rings. The third-order valence-corrected chi connectivity index (χ3v) is 1.68. The van der Waals surface area contributed by atoms with Crippen LogP contribution in [0.5, 0.6) is 0 Å². The van der Waals surface area contributed by atoms with Gasteiger partial charge in [0.05, 0.1) is 0 Å². The molecular formula is C12H8N2Y2-2. The predicted octanol–water partition coefficient (Wildman–Crippen LogP) is 3.70. The summed E-state index contributed by atoms with van der Waals surface area (Å²) in [5.74, 6) is 0. The summed E-state index contributed by atoms with van der Waals surface area (Å²) in [7, 11) is 0. The molecule has 0 aliphatic rings. The van der Waals surface area contributed by atoms with Gasteiger partial charge in [0.1, 0.15) is 0 Å². The molecule has 0 saturated carbocycles. The quantitative estimate of drug-likeness (QED) is 0.578. The van der Waals surface area contributed by atoms with E-state index in [4.69, 9.17) is 0 Å². The second-order valence-electron chi connectivity index (χ2n) is 2.72. The van der Waals surface area contributed by atoms with Crippen molar-refractivity contribution in [1.29, 1.82) is 0 Å². The molecule has 0 saturated heterocycles. The number of hydrogen-bond acceptors (Lipinski definition) is 2. The third-order valence-electron chi connectivity index (χ3n) is 1.68. The van der Waals surface area contributed by atoms with Crippen LogP contribution < -0.4 is 0 Å². The molecule has 0 amide bonds. The van der Waals surface area contributed by atoms with Crippen LogP contribution >= 0.6 is 0 Å². The van der Waals surface area contributed by atoms with Crippen molar-refractivity contribution >= 4 is 11.4 Å². The number of nitrogens with zero attached hydrogens (tertiary/aromatic N) is 2. The molecule has 0 aromatic heterocycles. The van der Waals surface area contributed by atoms with Crippen molar-refractivity contribution < 1.29 is 65.4 Å². The minimum absolute atomic E-state index is 0. The zero-order valence-corrected chi connectivity index (χ0v) is 14.3. The van der Waals surface area contributed by atoms with Crippen LogP contribution in [0.3, 0.4) is 0 Å². The first kappa shape index (κ1) is 16.2. The Balaban J connectivity index is 0.00000112. The van der Waals surface area contributed by atoms with E-state index >= 15 is 0 Å². The van der Waals surface area contributed by atoms with Crippen LogP contribution in [0.1, 0.15) is 0 Å². The third kappa shape index (κ3) is 5.54. The van der Waals surface area contributed by atoms with E-state index in [0.717, 1.165) is 11.4 Å². The molecule has 2 aromatic carbocycles. The second-order valence-corrected chi connectivity index (χ2v) is 2.72. The molecule has 0 N–H and O–H groups in total. The Hall–Kier alpha value is 0.248. The first-order valence-electron chi connectivity index (χ1n) is 4.29. The summed E-state index contributed by atoms with van der Waals surface area (Å²) in [4.78, 5) is 0. The summed E-state index contributed by atoms with van der Waals surface area (Å²) >= 11 is 0. The van der Waals surface area contributed by atoms with Gasteiger partial charge in [-0.1, -0.05) is 0 Å². The van der Waals surface area contributed by atoms with E-state index in [-0.39, 0.29) is 65.4 Å². The van der Waals surface area contributed by atoms with Crippen LogP contribution in [-0.4, -0.2) is 0 Å². The second kappa shape index (κ2) is 9.30. The molecule has 16 heavy (non-hydrogen) atoms. The van der Waals surface area contributed by atoms with Crippen molar-refractivity contribution in [2.24, 2.45) is 10.2 Å². The van der Waals surface area contributed by atoms with Crippen molar-refractivity contribution in [3.8, 4) is 0 Å². The molecule has 0 unspecified atom stereocenters. The Kier molecular flexibility index (Phi) is 9.44. The number of benzene rings is 2. The molecule has 2 rings (SSSR count). The number of azo groups is 1. The topological polar surface area (TPSA) is 24.7 Å². The molecule has 2 nitrogen and oxygen atoms in total. The van der Waals surface area contributed by atoms with Crippen LogP contribution in [0.4, 0.5) is 11.4 Å². The predicted molar refractivity (Wildman–Crippen MR) is 54.7 cm³/mol. The van der Waals surface area contributed by atoms with E-state index < -0.39 is 0 Å². The first-order chi connectivity index (χ1) is 6.95. The van der Waals surface area contributed by atoms with E-state index in [1.165, 1.54) is 0 Å². The van der Waals surface area contributed by atoms with Gasteiger partial charge in [-0.25, -0.2) is 0 Å². The van der Waals surface area contributed by atoms with Gasteiger partial charge in [-0.3, -0.25) is 0 Å². The summed E-state index contributed by atoms with van der Waals surface area (Å²) in [5.41, 5.74) is 1.66. The Bertz CT molecular complexity index is 374. The van der Waals surface area contributed by atoms with Crippen LogP contribution in [0.2, 0.25) is 0 Å². The summed E-state index contributed by atoms with van der Waals surface area (Å²) in [6.45, 7) is 0. The van der Waals surface area contributed by atoms with Crippen LogP contribution in [0.25, 0.3) is 0 Å². The molecule has 2 aromatic rings. The van der Waals surface area contributed by atoms with Gasteiger partial charge in [-0.15, -0.1) is 24.3 Å². The summed E-state index contributed by atoms with van der Waals surface area (Å²) in [5, 5.41) is 8.14. The van der Waals surface area contributed by atoms with Crippen molar-refractivity contribution in [3.63, 3.8) is 0 Å². The molecule has 0 spiro atoms. The first-order valence-corrected chi connectivity index (χ1v) is 4.29. The Morgan fingerprint density at radius 3 is 1.25 bits per heavy atom. The smallest absolute Gasteiger partial charge is 0 e. The molecule has 0 atom stereocenters. The zero-order valence-electron chi connectivity index (χ0n) is 8.67. The maximum absolute atomic E-state index is 4.07. The standard InChI is InChI=1S/C12H8N2.2Y/c1-3-7-11(8-4-1)13-14-12-9-5-2-6-10-12;;/h3-10H;;/q-2;;. The minimum atomic E-state index is 0. The monoisotopic (exact) mass is 358 g/mol. The van der Waals surface area contributed by atoms with Gasteiger partial charge in [0, 0.05) is 65.4 Å². The van der Waals surface area contributed by atoms with Crippen molar-refractivity contribution in [1.82, 2.24) is 0 Å². The molecule has 0 aliphatic heterocycles. The maximum atomic E-state index is 4.07. The fourth-order valence-electron chi connectivity index (χ4n) is 1.00. The van der Waals surface area contributed by atoms with E-state index in [2.05, 4.69) is 22.4 Å². The molecule has 2 radical (unpaired) electrons. The van der Waals surface area contributed by atoms with Crippen LogP contribution in [0.15, 0.2) is 58.8 Å². The van der Waals surface area contributed by atoms with Crippen LogP contribution in [0, 0.1) is 12.1 Å². The Labute approximate surface area is 146 Å². The zero-order chi connectivity index (χ0) is 9.64. The summed E-state index contributed by atoms with van der Waals surface area (Å²) in [6, 6.07) is 20.5. The maximum Gasteiger partial charge on any atom is 0 e. The summed E-state index contributed by atoms with van der Waals surface area (Å²) < 4.78 is 0. The van der Waals surface area contributed by atoms with Crippen molar-refractivity contribution in [2.75, 3.05) is 0 Å². The van der Waals surface area contributed by atoms with Gasteiger partial charge < -0.3 is 0 Å². The molecular weight excluding hydrogens is 350 g/mol. The molecule has 0 heterocycles. The van der Waals surface area contributed by atoms with E-state index in [1.807, 2.05) is 48.5 Å². The van der Waals surface area contributed by atoms with E-state index in [9.17, 15) is 0 Å². The van der Waals surface area contributed by atoms with Gasteiger partial charge in [0.15, 0.2) is 0 Å². The SMILES string of the molecule is [Y].[Y].[c-]1ccc(N=Nc2cc[c-]cc2)cc1. The van der Waals surface area contributed by atoms with E-state index in [0.29, 0.717) is 0 Å². The largest absolute Gasteiger partial charge is 0.184 e. The average molecular weight is 358 g/mol. The average Bonchev–Trinajstić information content (AvgIpc) is 2.29. The molecule has 0 aliphatic carbocycles. The van der Waals surface area contributed by atoms with E-state index in [1.54, 1.807) is 0 Å². The number of rotatable bonds is 2. The van der Waals surface area contributed by atoms with Gasteiger partial charge in [0.2, 0.25) is 0 Å². The fourth-order valence-corrected chi connectivity index (χ4v) is 1.00. The normalized spacial score (nSPS) is 9.25. The Morgan fingerprint density at radius 2 is 0.938 bits per heavy atom. The Morgan fingerprint density at radius 1 is 0.625 bits per heavy atom. The molecule has 4 heteroatoms. The van der Waals surface area contributed by atoms with Gasteiger partial charge >= 0.3 is 0 Å². The minimum Gasteiger partial charge on any atom is -0.184 e. The van der Waals surface area contributed by atoms with Crippen molar-refractivity contribution in [2.45, 2.75) is 0 Å². The fraction of sp³-hybridized carbons (Fsp3) is 0. The van der Waals surface area contributed by atoms with Crippen LogP contribution in [-0.2, 0) is 65.4 Å².